The highest BCUT2D eigenvalue weighted by molar-refractivity contribution is 5.99. The summed E-state index contributed by atoms with van der Waals surface area (Å²) >= 11 is 0. The van der Waals surface area contributed by atoms with Crippen molar-refractivity contribution in [1.82, 2.24) is 10.2 Å². The number of rotatable bonds is 3. The molecule has 1 aliphatic carbocycles. The van der Waals surface area contributed by atoms with Gasteiger partial charge in [0.05, 0.1) is 0 Å². The minimum atomic E-state index is -0.743. The van der Waals surface area contributed by atoms with E-state index in [9.17, 15) is 9.59 Å². The molecule has 0 bridgehead atoms. The predicted molar refractivity (Wildman–Crippen MR) is 60.7 cm³/mol. The summed E-state index contributed by atoms with van der Waals surface area (Å²) in [7, 11) is 0. The minimum Gasteiger partial charge on any atom is -0.340 e. The molecule has 1 unspecified atom stereocenters. The first-order valence-electron chi connectivity index (χ1n) is 6.05. The van der Waals surface area contributed by atoms with Crippen molar-refractivity contribution in [2.75, 3.05) is 6.54 Å². The van der Waals surface area contributed by atoms with Crippen LogP contribution in [0.1, 0.15) is 40.0 Å². The molecule has 0 radical (unpaired) electrons. The van der Waals surface area contributed by atoms with Crippen LogP contribution in [0.25, 0.3) is 0 Å². The van der Waals surface area contributed by atoms with Crippen molar-refractivity contribution in [3.63, 3.8) is 0 Å². The molecule has 90 valence electrons. The van der Waals surface area contributed by atoms with E-state index >= 15 is 0 Å². The molecular formula is C12H20N2O2. The summed E-state index contributed by atoms with van der Waals surface area (Å²) in [5.74, 6) is 0.786. The van der Waals surface area contributed by atoms with Crippen molar-refractivity contribution in [2.24, 2.45) is 5.92 Å². The number of carbonyl (C=O) groups excluding carboxylic acids is 2. The SMILES string of the molecule is CC1C(=O)NC(C)(C)C(=O)N1CCC1CC1. The first kappa shape index (κ1) is 11.4. The summed E-state index contributed by atoms with van der Waals surface area (Å²) in [6, 6.07) is -0.320. The van der Waals surface area contributed by atoms with Gasteiger partial charge in [0.2, 0.25) is 11.8 Å². The molecule has 0 aromatic heterocycles. The van der Waals surface area contributed by atoms with Crippen molar-refractivity contribution >= 4 is 11.8 Å². The Hall–Kier alpha value is -1.06. The fourth-order valence-electron chi connectivity index (χ4n) is 2.17. The summed E-state index contributed by atoms with van der Waals surface area (Å²) in [5.41, 5.74) is -0.743. The standard InChI is InChI=1S/C12H20N2O2/c1-8-10(15)13-12(2,3)11(16)14(8)7-6-9-4-5-9/h8-9H,4-7H2,1-3H3,(H,13,15). The smallest absolute Gasteiger partial charge is 0.248 e. The van der Waals surface area contributed by atoms with Gasteiger partial charge >= 0.3 is 0 Å². The number of carbonyl (C=O) groups is 2. The molecule has 1 N–H and O–H groups in total. The summed E-state index contributed by atoms with van der Waals surface area (Å²) in [4.78, 5) is 25.6. The number of hydrogen-bond acceptors (Lipinski definition) is 2. The molecule has 2 amide bonds. The number of nitrogens with zero attached hydrogens (tertiary/aromatic N) is 1. The second kappa shape index (κ2) is 3.75. The Morgan fingerprint density at radius 3 is 2.56 bits per heavy atom. The van der Waals surface area contributed by atoms with E-state index in [1.165, 1.54) is 12.8 Å². The van der Waals surface area contributed by atoms with Gasteiger partial charge in [0.25, 0.3) is 0 Å². The van der Waals surface area contributed by atoms with E-state index in [1.807, 2.05) is 0 Å². The number of amides is 2. The Bertz CT molecular complexity index is 321. The predicted octanol–water partition coefficient (Wildman–Crippen LogP) is 0.912. The van der Waals surface area contributed by atoms with Crippen LogP contribution < -0.4 is 5.32 Å². The summed E-state index contributed by atoms with van der Waals surface area (Å²) in [6.07, 6.45) is 3.61. The quantitative estimate of drug-likeness (QED) is 0.774. The van der Waals surface area contributed by atoms with Crippen LogP contribution in [0.5, 0.6) is 0 Å². The summed E-state index contributed by atoms with van der Waals surface area (Å²) < 4.78 is 0. The molecule has 1 atom stereocenters. The number of nitrogens with one attached hydrogen (secondary N) is 1. The highest BCUT2D eigenvalue weighted by Crippen LogP contribution is 2.33. The molecule has 0 aromatic rings. The van der Waals surface area contributed by atoms with E-state index in [4.69, 9.17) is 0 Å². The second-order valence-electron chi connectivity index (χ2n) is 5.52. The van der Waals surface area contributed by atoms with Crippen molar-refractivity contribution in [1.29, 1.82) is 0 Å². The van der Waals surface area contributed by atoms with Crippen LogP contribution in [-0.4, -0.2) is 34.8 Å². The average Bonchev–Trinajstić information content (AvgIpc) is 2.98. The van der Waals surface area contributed by atoms with Gasteiger partial charge in [0.1, 0.15) is 11.6 Å². The maximum absolute atomic E-state index is 12.1. The van der Waals surface area contributed by atoms with Crippen molar-refractivity contribution in [2.45, 2.75) is 51.6 Å². The molecule has 2 fully saturated rings. The van der Waals surface area contributed by atoms with Crippen molar-refractivity contribution in [3.8, 4) is 0 Å². The largest absolute Gasteiger partial charge is 0.340 e. The van der Waals surface area contributed by atoms with Crippen LogP contribution in [-0.2, 0) is 9.59 Å². The van der Waals surface area contributed by atoms with Crippen molar-refractivity contribution < 1.29 is 9.59 Å². The van der Waals surface area contributed by atoms with Gasteiger partial charge in [-0.3, -0.25) is 9.59 Å². The van der Waals surface area contributed by atoms with Gasteiger partial charge in [0.15, 0.2) is 0 Å². The molecule has 1 aliphatic heterocycles. The molecule has 4 heteroatoms. The molecule has 0 spiro atoms. The maximum Gasteiger partial charge on any atom is 0.248 e. The topological polar surface area (TPSA) is 49.4 Å². The molecule has 2 rings (SSSR count). The molecule has 1 saturated carbocycles. The van der Waals surface area contributed by atoms with Gasteiger partial charge in [-0.1, -0.05) is 12.8 Å². The Labute approximate surface area is 96.4 Å². The monoisotopic (exact) mass is 224 g/mol. The van der Waals surface area contributed by atoms with E-state index in [2.05, 4.69) is 5.32 Å². The minimum absolute atomic E-state index is 0.0413. The Balaban J connectivity index is 2.05. The van der Waals surface area contributed by atoms with Gasteiger partial charge in [-0.05, 0) is 33.1 Å². The van der Waals surface area contributed by atoms with E-state index in [-0.39, 0.29) is 17.9 Å². The Kier molecular flexibility index (Phi) is 2.68. The van der Waals surface area contributed by atoms with E-state index in [0.29, 0.717) is 0 Å². The fraction of sp³-hybridized carbons (Fsp3) is 0.833. The van der Waals surface area contributed by atoms with Crippen LogP contribution in [0.2, 0.25) is 0 Å². The molecule has 1 saturated heterocycles. The third-order valence-corrected chi connectivity index (χ3v) is 3.55. The molecule has 2 aliphatic rings. The summed E-state index contributed by atoms with van der Waals surface area (Å²) in [6.45, 7) is 6.06. The zero-order valence-corrected chi connectivity index (χ0v) is 10.2. The average molecular weight is 224 g/mol. The van der Waals surface area contributed by atoms with Crippen LogP contribution in [0.15, 0.2) is 0 Å². The third-order valence-electron chi connectivity index (χ3n) is 3.55. The van der Waals surface area contributed by atoms with E-state index in [1.54, 1.807) is 25.7 Å². The number of hydrogen-bond donors (Lipinski definition) is 1. The number of piperazine rings is 1. The van der Waals surface area contributed by atoms with Crippen molar-refractivity contribution in [3.05, 3.63) is 0 Å². The molecule has 1 heterocycles. The van der Waals surface area contributed by atoms with Gasteiger partial charge in [-0.2, -0.15) is 0 Å². The van der Waals surface area contributed by atoms with Gasteiger partial charge in [-0.25, -0.2) is 0 Å². The highest BCUT2D eigenvalue weighted by Gasteiger charge is 2.43. The van der Waals surface area contributed by atoms with E-state index < -0.39 is 5.54 Å². The van der Waals surface area contributed by atoms with Crippen LogP contribution in [0.4, 0.5) is 0 Å². The van der Waals surface area contributed by atoms with Crippen LogP contribution in [0.3, 0.4) is 0 Å². The Morgan fingerprint density at radius 1 is 1.38 bits per heavy atom. The maximum atomic E-state index is 12.1. The fourth-order valence-corrected chi connectivity index (χ4v) is 2.17. The third kappa shape index (κ3) is 2.06. The van der Waals surface area contributed by atoms with Crippen LogP contribution in [0, 0.1) is 5.92 Å². The van der Waals surface area contributed by atoms with Gasteiger partial charge in [0, 0.05) is 6.54 Å². The lowest BCUT2D eigenvalue weighted by molar-refractivity contribution is -0.152. The lowest BCUT2D eigenvalue weighted by Crippen LogP contribution is -2.67. The second-order valence-corrected chi connectivity index (χ2v) is 5.52. The summed E-state index contributed by atoms with van der Waals surface area (Å²) in [5, 5.41) is 2.76. The Morgan fingerprint density at radius 2 is 2.00 bits per heavy atom. The highest BCUT2D eigenvalue weighted by atomic mass is 16.2. The lowest BCUT2D eigenvalue weighted by atomic mass is 9.97. The lowest BCUT2D eigenvalue weighted by Gasteiger charge is -2.41. The zero-order chi connectivity index (χ0) is 11.9. The normalized spacial score (nSPS) is 29.2. The molecule has 4 nitrogen and oxygen atoms in total. The van der Waals surface area contributed by atoms with E-state index in [0.717, 1.165) is 18.9 Å². The van der Waals surface area contributed by atoms with Gasteiger partial charge < -0.3 is 10.2 Å². The zero-order valence-electron chi connectivity index (χ0n) is 10.2. The first-order valence-corrected chi connectivity index (χ1v) is 6.05. The van der Waals surface area contributed by atoms with Gasteiger partial charge in [-0.15, -0.1) is 0 Å². The molecule has 0 aromatic carbocycles. The first-order chi connectivity index (χ1) is 7.42. The molecular weight excluding hydrogens is 204 g/mol. The van der Waals surface area contributed by atoms with Crippen LogP contribution >= 0.6 is 0 Å². The molecule has 16 heavy (non-hydrogen) atoms.